The largest absolute Gasteiger partial charge is 0.405 e. The van der Waals surface area contributed by atoms with E-state index in [0.717, 1.165) is 32.8 Å². The summed E-state index contributed by atoms with van der Waals surface area (Å²) in [5.74, 6) is 0. The Bertz CT molecular complexity index is 3430. The molecule has 8 heteroatoms. The number of hydrogen-bond donors (Lipinski definition) is 0. The lowest BCUT2D eigenvalue weighted by molar-refractivity contribution is 0.338. The number of hydrogen-bond acceptors (Lipinski definition) is 4. The van der Waals surface area contributed by atoms with E-state index in [4.69, 9.17) is 15.3 Å². The molecule has 12 rings (SSSR count). The smallest absolute Gasteiger partial charge is 0.245 e. The van der Waals surface area contributed by atoms with Gasteiger partial charge in [0.1, 0.15) is 0 Å². The molecule has 0 amide bonds. The summed E-state index contributed by atoms with van der Waals surface area (Å²) in [5, 5.41) is 36.0. The Balaban J connectivity index is 0.953. The van der Waals surface area contributed by atoms with Crippen LogP contribution in [0.4, 0.5) is 0 Å². The zero-order chi connectivity index (χ0) is 41.7. The van der Waals surface area contributed by atoms with Crippen LogP contribution in [0.15, 0.2) is 179 Å². The summed E-state index contributed by atoms with van der Waals surface area (Å²) in [5.41, 5.74) is 2.77. The van der Waals surface area contributed by atoms with Crippen molar-refractivity contribution in [3.63, 3.8) is 0 Å². The zero-order valence-electron chi connectivity index (χ0n) is 34.4. The molecule has 0 aliphatic rings. The van der Waals surface area contributed by atoms with Crippen LogP contribution in [-0.4, -0.2) is 54.1 Å². The molecule has 7 nitrogen and oxygen atoms in total. The van der Waals surface area contributed by atoms with Crippen molar-refractivity contribution in [3.05, 3.63) is 180 Å². The predicted octanol–water partition coefficient (Wildman–Crippen LogP) is 13.7. The Morgan fingerprint density at radius 3 is 0.823 bits per heavy atom. The number of rotatable bonds is 9. The summed E-state index contributed by atoms with van der Waals surface area (Å²) in [6.07, 6.45) is 5.40. The highest BCUT2D eigenvalue weighted by molar-refractivity contribution is 7.56. The van der Waals surface area contributed by atoms with Crippen LogP contribution in [0.3, 0.4) is 0 Å². The fraction of sp³-hybridized carbons (Fsp3) is 0.0556. The van der Waals surface area contributed by atoms with Gasteiger partial charge in [0.05, 0.1) is 18.6 Å². The average Bonchev–Trinajstić information content (AvgIpc) is 3.32. The molecule has 12 aromatic carbocycles. The zero-order valence-corrected chi connectivity index (χ0v) is 35.3. The molecule has 62 heavy (non-hydrogen) atoms. The quantitative estimate of drug-likeness (QED) is 0.0630. The molecule has 0 unspecified atom stereocenters. The van der Waals surface area contributed by atoms with Gasteiger partial charge in [-0.15, -0.1) is 0 Å². The van der Waals surface area contributed by atoms with Crippen molar-refractivity contribution in [2.24, 2.45) is 15.3 Å². The fourth-order valence-electron chi connectivity index (χ4n) is 9.81. The first kappa shape index (κ1) is 36.3. The van der Waals surface area contributed by atoms with Gasteiger partial charge in [0.2, 0.25) is 0 Å². The molecular weight excluding hydrogens is 780 g/mol. The van der Waals surface area contributed by atoms with E-state index in [1.807, 2.05) is 0 Å². The Kier molecular flexibility index (Phi) is 8.02. The van der Waals surface area contributed by atoms with Gasteiger partial charge in [0.25, 0.3) is 0 Å². The van der Waals surface area contributed by atoms with E-state index in [1.165, 1.54) is 95.1 Å². The molecule has 0 saturated heterocycles. The van der Waals surface area contributed by atoms with Crippen LogP contribution in [0.1, 0.15) is 16.7 Å². The Morgan fingerprint density at radius 1 is 0.323 bits per heavy atom. The maximum Gasteiger partial charge on any atom is 0.405 e. The normalized spacial score (nSPS) is 13.0. The van der Waals surface area contributed by atoms with Crippen LogP contribution in [0.25, 0.3) is 97.0 Å². The monoisotopic (exact) mass is 818 g/mol. The topological polar surface area (TPSA) is 63.9 Å². The molecule has 0 fully saturated rings. The molecule has 0 saturated carbocycles. The molecule has 0 bridgehead atoms. The number of hydrazone groups is 3. The fourth-order valence-corrected chi connectivity index (χ4v) is 11.5. The van der Waals surface area contributed by atoms with Gasteiger partial charge in [0, 0.05) is 37.8 Å². The van der Waals surface area contributed by atoms with Gasteiger partial charge >= 0.3 is 7.59 Å². The van der Waals surface area contributed by atoms with Gasteiger partial charge in [-0.1, -0.05) is 164 Å². The van der Waals surface area contributed by atoms with Crippen molar-refractivity contribution in [1.29, 1.82) is 0 Å². The van der Waals surface area contributed by atoms with Gasteiger partial charge < -0.3 is 0 Å². The summed E-state index contributed by atoms with van der Waals surface area (Å²) >= 11 is 0. The standard InChI is InChI=1S/C54H39N6OP/c1-58(55-31-43-22-19-40-16-13-34-7-4-10-37-25-28-46(43)52(40)49(34)37)62(61,59(2)56-32-44-23-20-41-17-14-35-8-5-11-38-26-29-47(44)53(41)50(35)38)60(3)57-33-45-24-21-42-18-15-36-9-6-12-39-27-30-48(45)54(42)51(36)39/h4-33H,1-3H3/b55-31+,56-32+,57-33+. The maximum atomic E-state index is 15.8. The van der Waals surface area contributed by atoms with Crippen LogP contribution < -0.4 is 0 Å². The molecule has 12 aromatic rings. The van der Waals surface area contributed by atoms with E-state index in [2.05, 4.69) is 164 Å². The van der Waals surface area contributed by atoms with Gasteiger partial charge in [-0.05, 0) is 97.0 Å². The molecule has 0 heterocycles. The highest BCUT2D eigenvalue weighted by Gasteiger charge is 2.37. The number of benzene rings is 12. The summed E-state index contributed by atoms with van der Waals surface area (Å²) in [6.45, 7) is 0. The van der Waals surface area contributed by atoms with Crippen molar-refractivity contribution >= 4 is 123 Å². The average molecular weight is 819 g/mol. The van der Waals surface area contributed by atoms with Crippen LogP contribution in [0, 0.1) is 0 Å². The summed E-state index contributed by atoms with van der Waals surface area (Å²) in [6, 6.07) is 57.9. The molecule has 0 radical (unpaired) electrons. The molecule has 0 aromatic heterocycles. The van der Waals surface area contributed by atoms with Crippen LogP contribution >= 0.6 is 7.59 Å². The van der Waals surface area contributed by atoms with Gasteiger partial charge in [-0.2, -0.15) is 15.3 Å². The van der Waals surface area contributed by atoms with E-state index in [-0.39, 0.29) is 0 Å². The van der Waals surface area contributed by atoms with E-state index >= 15 is 4.57 Å². The summed E-state index contributed by atoms with van der Waals surface area (Å²) in [7, 11) is 1.35. The third-order valence-electron chi connectivity index (χ3n) is 12.9. The molecule has 0 aliphatic heterocycles. The lowest BCUT2D eigenvalue weighted by atomic mass is 9.92. The lowest BCUT2D eigenvalue weighted by Crippen LogP contribution is -2.29. The third-order valence-corrected chi connectivity index (χ3v) is 15.5. The third kappa shape index (κ3) is 5.38. The van der Waals surface area contributed by atoms with E-state index in [9.17, 15) is 0 Å². The molecule has 0 N–H and O–H groups in total. The minimum Gasteiger partial charge on any atom is -0.245 e. The van der Waals surface area contributed by atoms with Crippen molar-refractivity contribution in [1.82, 2.24) is 14.3 Å². The molecule has 296 valence electrons. The van der Waals surface area contributed by atoms with Crippen LogP contribution in [0.5, 0.6) is 0 Å². The minimum absolute atomic E-state index is 0.925. The van der Waals surface area contributed by atoms with Gasteiger partial charge in [-0.25, -0.2) is 18.9 Å². The van der Waals surface area contributed by atoms with Crippen molar-refractivity contribution in [3.8, 4) is 0 Å². The first-order valence-electron chi connectivity index (χ1n) is 20.8. The summed E-state index contributed by atoms with van der Waals surface area (Å²) in [4.78, 5) is 0. The van der Waals surface area contributed by atoms with Gasteiger partial charge in [0.15, 0.2) is 0 Å². The second-order valence-electron chi connectivity index (χ2n) is 16.2. The first-order valence-corrected chi connectivity index (χ1v) is 22.4. The van der Waals surface area contributed by atoms with Crippen molar-refractivity contribution in [2.75, 3.05) is 21.1 Å². The molecule has 0 atom stereocenters. The molecule has 0 aliphatic carbocycles. The molecular formula is C54H39N6OP. The van der Waals surface area contributed by atoms with E-state index in [1.54, 1.807) is 39.8 Å². The van der Waals surface area contributed by atoms with Crippen molar-refractivity contribution < 1.29 is 4.57 Å². The minimum atomic E-state index is -3.85. The highest BCUT2D eigenvalue weighted by atomic mass is 31.2. The number of nitrogens with zero attached hydrogens (tertiary/aromatic N) is 6. The van der Waals surface area contributed by atoms with Crippen LogP contribution in [0.2, 0.25) is 0 Å². The SMILES string of the molecule is CN(/N=C/c1ccc2ccc3cccc4ccc1c2c34)P(=O)(N(C)/N=C/c1ccc2ccc3cccc4ccc1c2c34)N(C)/N=C/c1ccc2ccc3cccc4ccc1c2c34. The lowest BCUT2D eigenvalue weighted by Gasteiger charge is -2.35. The predicted molar refractivity (Wildman–Crippen MR) is 264 cm³/mol. The van der Waals surface area contributed by atoms with Crippen LogP contribution in [-0.2, 0) is 4.57 Å². The Hall–Kier alpha value is -7.60. The second-order valence-corrected chi connectivity index (χ2v) is 19.0. The highest BCUT2D eigenvalue weighted by Crippen LogP contribution is 2.55. The molecule has 0 spiro atoms. The second kappa shape index (κ2) is 13.7. The van der Waals surface area contributed by atoms with Crippen molar-refractivity contribution in [2.45, 2.75) is 0 Å². The first-order chi connectivity index (χ1) is 30.3. The van der Waals surface area contributed by atoms with Gasteiger partial charge in [-0.3, -0.25) is 0 Å². The summed E-state index contributed by atoms with van der Waals surface area (Å²) < 4.78 is 20.3. The van der Waals surface area contributed by atoms with E-state index in [0.29, 0.717) is 0 Å². The Morgan fingerprint density at radius 2 is 0.548 bits per heavy atom. The Labute approximate surface area is 357 Å². The maximum absolute atomic E-state index is 15.8. The van der Waals surface area contributed by atoms with E-state index < -0.39 is 7.59 Å².